The maximum atomic E-state index is 12.9. The molecule has 0 saturated carbocycles. The first-order valence-electron chi connectivity index (χ1n) is 34.0. The third-order valence-electron chi connectivity index (χ3n) is 14.5. The number of hydrogen-bond donors (Lipinski definition) is 0. The summed E-state index contributed by atoms with van der Waals surface area (Å²) >= 11 is 0. The highest BCUT2D eigenvalue weighted by Gasteiger charge is 2.19. The number of allylic oxidation sites excluding steroid dienone is 20. The highest BCUT2D eigenvalue weighted by atomic mass is 16.6. The number of unbranched alkanes of at least 4 members (excludes halogenated alkanes) is 30. The van der Waals surface area contributed by atoms with Crippen LogP contribution >= 0.6 is 0 Å². The van der Waals surface area contributed by atoms with E-state index in [0.29, 0.717) is 19.3 Å². The number of hydrogen-bond acceptors (Lipinski definition) is 6. The quantitative estimate of drug-likeness (QED) is 0.0261. The average Bonchev–Trinajstić information content (AvgIpc) is 3.47. The number of esters is 3. The second kappa shape index (κ2) is 68.3. The summed E-state index contributed by atoms with van der Waals surface area (Å²) in [4.78, 5) is 38.4. The predicted molar refractivity (Wildman–Crippen MR) is 353 cm³/mol. The highest BCUT2D eigenvalue weighted by molar-refractivity contribution is 5.71. The molecule has 0 N–H and O–H groups in total. The van der Waals surface area contributed by atoms with Crippen molar-refractivity contribution in [2.75, 3.05) is 13.2 Å². The van der Waals surface area contributed by atoms with Gasteiger partial charge in [-0.15, -0.1) is 0 Å². The molecule has 0 saturated heterocycles. The summed E-state index contributed by atoms with van der Waals surface area (Å²) < 4.78 is 16.9. The maximum Gasteiger partial charge on any atom is 0.306 e. The largest absolute Gasteiger partial charge is 0.462 e. The van der Waals surface area contributed by atoms with Crippen molar-refractivity contribution >= 4 is 17.9 Å². The second-order valence-electron chi connectivity index (χ2n) is 22.4. The van der Waals surface area contributed by atoms with Crippen LogP contribution in [0.1, 0.15) is 316 Å². The molecule has 462 valence electrons. The van der Waals surface area contributed by atoms with Crippen LogP contribution in [0.2, 0.25) is 0 Å². The number of carbonyl (C=O) groups excluding carboxylic acids is 3. The molecule has 0 aromatic heterocycles. The molecule has 1 atom stereocenters. The minimum atomic E-state index is -0.791. The molecule has 1 unspecified atom stereocenters. The first-order chi connectivity index (χ1) is 40.0. The first kappa shape index (κ1) is 76.8. The van der Waals surface area contributed by atoms with Gasteiger partial charge in [-0.2, -0.15) is 0 Å². The van der Waals surface area contributed by atoms with E-state index in [-0.39, 0.29) is 31.1 Å². The lowest BCUT2D eigenvalue weighted by Gasteiger charge is -2.18. The Kier molecular flexibility index (Phi) is 64.8. The van der Waals surface area contributed by atoms with E-state index < -0.39 is 6.10 Å². The standard InChI is InChI=1S/C75H126O6/c1-4-7-10-13-16-19-22-25-28-30-32-33-34-35-36-37-38-39-40-41-42-43-44-46-47-50-53-56-59-62-65-68-74(77)80-71-72(70-79-73(76)67-64-61-58-55-52-49-27-24-21-18-15-12-9-6-3)81-75(78)69-66-63-60-57-54-51-48-45-31-29-26-23-20-17-14-11-8-5-2/h7,10,16,19-20,23,25,28-29,31-33,35-36,38-39,41-42,44,46,72H,4-6,8-9,11-15,17-18,21-22,24,26-27,30,34,37,40,43,45,47-71H2,1-3H3/b10-7-,19-16-,23-20-,28-25-,31-29-,33-32-,36-35-,39-38-,42-41-,46-44-. The van der Waals surface area contributed by atoms with E-state index in [4.69, 9.17) is 14.2 Å². The lowest BCUT2D eigenvalue weighted by atomic mass is 10.0. The Morgan fingerprint density at radius 3 is 0.765 bits per heavy atom. The van der Waals surface area contributed by atoms with Gasteiger partial charge in [0.2, 0.25) is 0 Å². The zero-order chi connectivity index (χ0) is 58.5. The Morgan fingerprint density at radius 2 is 0.481 bits per heavy atom. The van der Waals surface area contributed by atoms with Crippen molar-refractivity contribution < 1.29 is 28.6 Å². The molecule has 0 aromatic rings. The molecule has 0 amide bonds. The molecule has 6 heteroatoms. The molecule has 6 nitrogen and oxygen atoms in total. The Balaban J connectivity index is 4.35. The van der Waals surface area contributed by atoms with Crippen LogP contribution in [0.5, 0.6) is 0 Å². The summed E-state index contributed by atoms with van der Waals surface area (Å²) in [7, 11) is 0. The van der Waals surface area contributed by atoms with Gasteiger partial charge in [0.25, 0.3) is 0 Å². The maximum absolute atomic E-state index is 12.9. The summed E-state index contributed by atoms with van der Waals surface area (Å²) in [5.74, 6) is -0.898. The van der Waals surface area contributed by atoms with Crippen molar-refractivity contribution in [1.29, 1.82) is 0 Å². The average molecular weight is 1120 g/mol. The van der Waals surface area contributed by atoms with Gasteiger partial charge in [0.1, 0.15) is 13.2 Å². The smallest absolute Gasteiger partial charge is 0.306 e. The Hall–Kier alpha value is -4.19. The molecule has 0 aromatic carbocycles. The van der Waals surface area contributed by atoms with Crippen molar-refractivity contribution in [2.24, 2.45) is 0 Å². The molecule has 0 rings (SSSR count). The molecule has 81 heavy (non-hydrogen) atoms. The van der Waals surface area contributed by atoms with Crippen molar-refractivity contribution in [2.45, 2.75) is 322 Å². The van der Waals surface area contributed by atoms with E-state index in [1.165, 1.54) is 141 Å². The van der Waals surface area contributed by atoms with Gasteiger partial charge in [0, 0.05) is 19.3 Å². The van der Waals surface area contributed by atoms with Crippen LogP contribution in [0.3, 0.4) is 0 Å². The molecular weight excluding hydrogens is 997 g/mol. The van der Waals surface area contributed by atoms with Crippen LogP contribution in [-0.2, 0) is 28.6 Å². The van der Waals surface area contributed by atoms with Gasteiger partial charge in [-0.05, 0) is 116 Å². The zero-order valence-corrected chi connectivity index (χ0v) is 53.0. The van der Waals surface area contributed by atoms with E-state index in [1.807, 2.05) is 0 Å². The van der Waals surface area contributed by atoms with Crippen molar-refractivity contribution in [3.05, 3.63) is 122 Å². The third kappa shape index (κ3) is 66.5. The van der Waals surface area contributed by atoms with Crippen LogP contribution < -0.4 is 0 Å². The Labute approximate surface area is 501 Å². The van der Waals surface area contributed by atoms with E-state index in [2.05, 4.69) is 142 Å². The molecule has 0 bridgehead atoms. The first-order valence-corrected chi connectivity index (χ1v) is 34.0. The fraction of sp³-hybridized carbons (Fsp3) is 0.693. The summed E-state index contributed by atoms with van der Waals surface area (Å²) in [6, 6.07) is 0. The molecule has 0 aliphatic heterocycles. The van der Waals surface area contributed by atoms with Crippen LogP contribution in [0.25, 0.3) is 0 Å². The SMILES string of the molecule is CC/C=C\C/C=C\C/C=C\C/C=C\C/C=C\C/C=C\C/C=C\C/C=C\CCCCCCCCC(=O)OCC(COC(=O)CCCCCCCCCCCCCCCC)OC(=O)CCCCCCCCC/C=C\C/C=C\CCCCCC. The van der Waals surface area contributed by atoms with E-state index in [9.17, 15) is 14.4 Å². The van der Waals surface area contributed by atoms with Gasteiger partial charge in [0.05, 0.1) is 0 Å². The van der Waals surface area contributed by atoms with Crippen LogP contribution in [0.15, 0.2) is 122 Å². The minimum absolute atomic E-state index is 0.0849. The van der Waals surface area contributed by atoms with Gasteiger partial charge in [-0.1, -0.05) is 303 Å². The van der Waals surface area contributed by atoms with Crippen LogP contribution in [0.4, 0.5) is 0 Å². The molecule has 0 heterocycles. The van der Waals surface area contributed by atoms with Crippen LogP contribution in [0, 0.1) is 0 Å². The third-order valence-corrected chi connectivity index (χ3v) is 14.5. The number of carbonyl (C=O) groups is 3. The van der Waals surface area contributed by atoms with Gasteiger partial charge in [0.15, 0.2) is 6.10 Å². The summed E-state index contributed by atoms with van der Waals surface area (Å²) in [6.07, 6.45) is 94.9. The Morgan fingerprint density at radius 1 is 0.259 bits per heavy atom. The minimum Gasteiger partial charge on any atom is -0.462 e. The fourth-order valence-corrected chi connectivity index (χ4v) is 9.37. The Bertz CT molecular complexity index is 1670. The summed E-state index contributed by atoms with van der Waals surface area (Å²) in [5, 5.41) is 0. The van der Waals surface area contributed by atoms with Gasteiger partial charge < -0.3 is 14.2 Å². The van der Waals surface area contributed by atoms with E-state index in [1.54, 1.807) is 0 Å². The lowest BCUT2D eigenvalue weighted by Crippen LogP contribution is -2.30. The van der Waals surface area contributed by atoms with Gasteiger partial charge in [-0.3, -0.25) is 14.4 Å². The van der Waals surface area contributed by atoms with Crippen LogP contribution in [-0.4, -0.2) is 37.2 Å². The van der Waals surface area contributed by atoms with E-state index >= 15 is 0 Å². The lowest BCUT2D eigenvalue weighted by molar-refractivity contribution is -0.167. The summed E-state index contributed by atoms with van der Waals surface area (Å²) in [5.41, 5.74) is 0. The molecule has 0 radical (unpaired) electrons. The van der Waals surface area contributed by atoms with Crippen molar-refractivity contribution in [1.82, 2.24) is 0 Å². The normalized spacial score (nSPS) is 12.9. The second-order valence-corrected chi connectivity index (χ2v) is 22.4. The molecule has 0 spiro atoms. The monoisotopic (exact) mass is 1120 g/mol. The topological polar surface area (TPSA) is 78.9 Å². The van der Waals surface area contributed by atoms with E-state index in [0.717, 1.165) is 135 Å². The van der Waals surface area contributed by atoms with Gasteiger partial charge >= 0.3 is 17.9 Å². The van der Waals surface area contributed by atoms with Crippen molar-refractivity contribution in [3.8, 4) is 0 Å². The molecular formula is C75H126O6. The molecule has 0 aliphatic carbocycles. The highest BCUT2D eigenvalue weighted by Crippen LogP contribution is 2.16. The summed E-state index contributed by atoms with van der Waals surface area (Å²) in [6.45, 7) is 6.52. The van der Waals surface area contributed by atoms with Crippen molar-refractivity contribution in [3.63, 3.8) is 0 Å². The fourth-order valence-electron chi connectivity index (χ4n) is 9.37. The molecule has 0 aliphatic rings. The molecule has 0 fully saturated rings. The van der Waals surface area contributed by atoms with Gasteiger partial charge in [-0.25, -0.2) is 0 Å². The predicted octanol–water partition coefficient (Wildman–Crippen LogP) is 23.6. The zero-order valence-electron chi connectivity index (χ0n) is 53.0. The number of ether oxygens (including phenoxy) is 3. The number of rotatable bonds is 61.